The van der Waals surface area contributed by atoms with Crippen molar-refractivity contribution in [2.45, 2.75) is 13.0 Å². The molecule has 3 rings (SSSR count). The van der Waals surface area contributed by atoms with E-state index in [0.29, 0.717) is 19.8 Å². The molecule has 2 aromatic heterocycles. The van der Waals surface area contributed by atoms with E-state index in [1.54, 1.807) is 27.6 Å². The normalized spacial score (nSPS) is 18.4. The molecule has 0 N–H and O–H groups in total. The summed E-state index contributed by atoms with van der Waals surface area (Å²) in [7, 11) is 1.84. The second-order valence-electron chi connectivity index (χ2n) is 4.88. The highest BCUT2D eigenvalue weighted by Gasteiger charge is 2.26. The second-order valence-corrected chi connectivity index (χ2v) is 6.68. The summed E-state index contributed by atoms with van der Waals surface area (Å²) in [6, 6.07) is 4.09. The van der Waals surface area contributed by atoms with Crippen LogP contribution in [0.15, 0.2) is 22.9 Å². The van der Waals surface area contributed by atoms with E-state index in [1.807, 2.05) is 23.9 Å². The largest absolute Gasteiger partial charge is 0.381 e. The van der Waals surface area contributed by atoms with Gasteiger partial charge >= 0.3 is 0 Å². The first-order valence-electron chi connectivity index (χ1n) is 6.55. The summed E-state index contributed by atoms with van der Waals surface area (Å²) >= 11 is 3.32. The number of carbonyl (C=O) groups excluding carboxylic acids is 1. The van der Waals surface area contributed by atoms with Gasteiger partial charge in [0.25, 0.3) is 0 Å². The maximum Gasteiger partial charge on any atom is 0.228 e. The minimum atomic E-state index is 0.0235. The number of rotatable bonds is 4. The van der Waals surface area contributed by atoms with Gasteiger partial charge in [0.15, 0.2) is 0 Å². The number of thiazole rings is 1. The molecule has 1 atom stereocenters. The Morgan fingerprint density at radius 3 is 3.15 bits per heavy atom. The molecule has 20 heavy (non-hydrogen) atoms. The third-order valence-corrected chi connectivity index (χ3v) is 5.27. The molecule has 0 aliphatic carbocycles. The quantitative estimate of drug-likeness (QED) is 0.872. The first kappa shape index (κ1) is 13.7. The van der Waals surface area contributed by atoms with Crippen LogP contribution in [0.2, 0.25) is 0 Å². The van der Waals surface area contributed by atoms with Crippen LogP contribution in [0.25, 0.3) is 9.88 Å². The summed E-state index contributed by atoms with van der Waals surface area (Å²) in [4.78, 5) is 19.8. The van der Waals surface area contributed by atoms with Gasteiger partial charge in [0.1, 0.15) is 5.01 Å². The molecule has 0 bridgehead atoms. The zero-order chi connectivity index (χ0) is 13.9. The average Bonchev–Trinajstić information content (AvgIpc) is 3.19. The molecular weight excluding hydrogens is 292 g/mol. The fourth-order valence-corrected chi connectivity index (χ4v) is 3.88. The molecule has 1 saturated heterocycles. The van der Waals surface area contributed by atoms with Crippen molar-refractivity contribution in [1.82, 2.24) is 9.88 Å². The third kappa shape index (κ3) is 2.92. The Hall–Kier alpha value is -1.24. The molecule has 106 valence electrons. The molecule has 4 nitrogen and oxygen atoms in total. The zero-order valence-corrected chi connectivity index (χ0v) is 12.9. The summed E-state index contributed by atoms with van der Waals surface area (Å²) in [5.41, 5.74) is 0.952. The van der Waals surface area contributed by atoms with Crippen LogP contribution in [0.5, 0.6) is 0 Å². The molecule has 0 spiro atoms. The molecule has 1 aliphatic rings. The van der Waals surface area contributed by atoms with Crippen LogP contribution < -0.4 is 0 Å². The van der Waals surface area contributed by atoms with E-state index in [4.69, 9.17) is 4.74 Å². The van der Waals surface area contributed by atoms with Crippen LogP contribution in [-0.4, -0.2) is 36.1 Å². The number of nitrogens with zero attached hydrogens (tertiary/aromatic N) is 2. The summed E-state index contributed by atoms with van der Waals surface area (Å²) in [6.45, 7) is 1.82. The van der Waals surface area contributed by atoms with Crippen LogP contribution in [0, 0.1) is 5.92 Å². The summed E-state index contributed by atoms with van der Waals surface area (Å²) in [5, 5.41) is 5.11. The Kier molecular flexibility index (Phi) is 4.14. The third-order valence-electron chi connectivity index (χ3n) is 3.34. The van der Waals surface area contributed by atoms with E-state index in [1.165, 1.54) is 4.88 Å². The van der Waals surface area contributed by atoms with Crippen LogP contribution in [0.4, 0.5) is 0 Å². The molecule has 6 heteroatoms. The highest BCUT2D eigenvalue weighted by Crippen LogP contribution is 2.28. The van der Waals surface area contributed by atoms with E-state index in [2.05, 4.69) is 11.1 Å². The fourth-order valence-electron chi connectivity index (χ4n) is 2.25. The van der Waals surface area contributed by atoms with Gasteiger partial charge in [0.2, 0.25) is 5.91 Å². The first-order valence-corrected chi connectivity index (χ1v) is 8.31. The molecule has 2 aromatic rings. The smallest absolute Gasteiger partial charge is 0.228 e. The van der Waals surface area contributed by atoms with Gasteiger partial charge in [-0.1, -0.05) is 6.07 Å². The summed E-state index contributed by atoms with van der Waals surface area (Å²) in [6.07, 6.45) is 0.834. The lowest BCUT2D eigenvalue weighted by Gasteiger charge is -2.19. The Morgan fingerprint density at radius 1 is 1.55 bits per heavy atom. The number of hydrogen-bond donors (Lipinski definition) is 0. The standard InChI is InChI=1S/C14H16N2O2S2/c1-16(14(17)10-4-5-18-8-10)7-11-9-20-13(15-11)12-3-2-6-19-12/h2-3,6,9-10H,4-5,7-8H2,1H3/t10-/m0/s1. The topological polar surface area (TPSA) is 42.4 Å². The molecule has 0 unspecified atom stereocenters. The van der Waals surface area contributed by atoms with Gasteiger partial charge in [-0.15, -0.1) is 22.7 Å². The van der Waals surface area contributed by atoms with Gasteiger partial charge < -0.3 is 9.64 Å². The van der Waals surface area contributed by atoms with Crippen LogP contribution in [0.3, 0.4) is 0 Å². The lowest BCUT2D eigenvalue weighted by molar-refractivity contribution is -0.134. The molecule has 1 amide bonds. The molecule has 0 saturated carbocycles. The highest BCUT2D eigenvalue weighted by atomic mass is 32.1. The predicted octanol–water partition coefficient (Wildman–Crippen LogP) is 2.87. The number of hydrogen-bond acceptors (Lipinski definition) is 5. The van der Waals surface area contributed by atoms with Gasteiger partial charge in [-0.3, -0.25) is 4.79 Å². The molecule has 3 heterocycles. The van der Waals surface area contributed by atoms with Gasteiger partial charge in [-0.2, -0.15) is 0 Å². The number of carbonyl (C=O) groups is 1. The Balaban J connectivity index is 1.64. The van der Waals surface area contributed by atoms with Crippen molar-refractivity contribution >= 4 is 28.6 Å². The van der Waals surface area contributed by atoms with Crippen molar-refractivity contribution in [3.8, 4) is 9.88 Å². The zero-order valence-electron chi connectivity index (χ0n) is 11.2. The minimum Gasteiger partial charge on any atom is -0.381 e. The van der Waals surface area contributed by atoms with E-state index >= 15 is 0 Å². The number of ether oxygens (including phenoxy) is 1. The molecule has 0 aromatic carbocycles. The average molecular weight is 308 g/mol. The minimum absolute atomic E-state index is 0.0235. The maximum absolute atomic E-state index is 12.2. The van der Waals surface area contributed by atoms with Gasteiger partial charge in [0, 0.05) is 19.0 Å². The van der Waals surface area contributed by atoms with Crippen molar-refractivity contribution in [3.05, 3.63) is 28.6 Å². The number of amides is 1. The number of thiophene rings is 1. The lowest BCUT2D eigenvalue weighted by Crippen LogP contribution is -2.32. The first-order chi connectivity index (χ1) is 9.74. The number of aromatic nitrogens is 1. The van der Waals surface area contributed by atoms with Crippen molar-refractivity contribution < 1.29 is 9.53 Å². The Morgan fingerprint density at radius 2 is 2.45 bits per heavy atom. The Bertz CT molecular complexity index is 574. The summed E-state index contributed by atoms with van der Waals surface area (Å²) < 4.78 is 5.27. The van der Waals surface area contributed by atoms with E-state index < -0.39 is 0 Å². The van der Waals surface area contributed by atoms with Crippen molar-refractivity contribution in [1.29, 1.82) is 0 Å². The van der Waals surface area contributed by atoms with Crippen LogP contribution in [-0.2, 0) is 16.1 Å². The second kappa shape index (κ2) is 6.03. The van der Waals surface area contributed by atoms with Gasteiger partial charge in [-0.05, 0) is 17.9 Å². The van der Waals surface area contributed by atoms with E-state index in [9.17, 15) is 4.79 Å². The molecule has 0 radical (unpaired) electrons. The van der Waals surface area contributed by atoms with E-state index in [0.717, 1.165) is 17.1 Å². The van der Waals surface area contributed by atoms with E-state index in [-0.39, 0.29) is 11.8 Å². The molecule has 1 aliphatic heterocycles. The van der Waals surface area contributed by atoms with Crippen LogP contribution >= 0.6 is 22.7 Å². The van der Waals surface area contributed by atoms with Crippen molar-refractivity contribution in [3.63, 3.8) is 0 Å². The Labute approximate surface area is 126 Å². The monoisotopic (exact) mass is 308 g/mol. The highest BCUT2D eigenvalue weighted by molar-refractivity contribution is 7.20. The lowest BCUT2D eigenvalue weighted by atomic mass is 10.1. The molecule has 1 fully saturated rings. The van der Waals surface area contributed by atoms with Gasteiger partial charge in [-0.25, -0.2) is 4.98 Å². The fraction of sp³-hybridized carbons (Fsp3) is 0.429. The maximum atomic E-state index is 12.2. The molecular formula is C14H16N2O2S2. The predicted molar refractivity (Wildman–Crippen MR) is 80.8 cm³/mol. The summed E-state index contributed by atoms with van der Waals surface area (Å²) in [5.74, 6) is 0.184. The van der Waals surface area contributed by atoms with Gasteiger partial charge in [0.05, 0.1) is 29.6 Å². The van der Waals surface area contributed by atoms with Crippen LogP contribution in [0.1, 0.15) is 12.1 Å². The van der Waals surface area contributed by atoms with Crippen molar-refractivity contribution in [2.75, 3.05) is 20.3 Å². The SMILES string of the molecule is CN(Cc1csc(-c2cccs2)n1)C(=O)[C@H]1CCOC1. The van der Waals surface area contributed by atoms with Crippen molar-refractivity contribution in [2.24, 2.45) is 5.92 Å².